The van der Waals surface area contributed by atoms with Crippen molar-refractivity contribution in [2.75, 3.05) is 19.8 Å². The first kappa shape index (κ1) is 15.0. The zero-order chi connectivity index (χ0) is 14.5. The molecule has 20 heavy (non-hydrogen) atoms. The lowest BCUT2D eigenvalue weighted by molar-refractivity contribution is -0.139. The standard InChI is InChI=1S/C16H22FNO2/c1-3-13(14-4-6-15(17)7-5-14)10-16(19)18-8-9-20-11-12(18)2/h4-7,12-13H,3,8-11H2,1-2H3. The zero-order valence-corrected chi connectivity index (χ0v) is 12.1. The smallest absolute Gasteiger partial charge is 0.223 e. The summed E-state index contributed by atoms with van der Waals surface area (Å²) in [5.41, 5.74) is 1.03. The van der Waals surface area contributed by atoms with Crippen molar-refractivity contribution in [1.82, 2.24) is 4.90 Å². The van der Waals surface area contributed by atoms with E-state index in [1.165, 1.54) is 12.1 Å². The van der Waals surface area contributed by atoms with Crippen molar-refractivity contribution in [3.8, 4) is 0 Å². The van der Waals surface area contributed by atoms with Crippen molar-refractivity contribution in [1.29, 1.82) is 0 Å². The molecule has 4 heteroatoms. The van der Waals surface area contributed by atoms with Crippen molar-refractivity contribution in [3.05, 3.63) is 35.6 Å². The van der Waals surface area contributed by atoms with Gasteiger partial charge in [0.2, 0.25) is 5.91 Å². The summed E-state index contributed by atoms with van der Waals surface area (Å²) in [6.45, 7) is 5.96. The third-order valence-electron chi connectivity index (χ3n) is 3.94. The minimum absolute atomic E-state index is 0.141. The van der Waals surface area contributed by atoms with Gasteiger partial charge in [-0.3, -0.25) is 4.79 Å². The number of carbonyl (C=O) groups is 1. The van der Waals surface area contributed by atoms with Gasteiger partial charge in [0.25, 0.3) is 0 Å². The van der Waals surface area contributed by atoms with Crippen LogP contribution in [0.3, 0.4) is 0 Å². The summed E-state index contributed by atoms with van der Waals surface area (Å²) >= 11 is 0. The highest BCUT2D eigenvalue weighted by Crippen LogP contribution is 2.25. The Morgan fingerprint density at radius 1 is 1.45 bits per heavy atom. The topological polar surface area (TPSA) is 29.5 Å². The zero-order valence-electron chi connectivity index (χ0n) is 12.1. The maximum absolute atomic E-state index is 13.0. The molecule has 1 aliphatic heterocycles. The average Bonchev–Trinajstić information content (AvgIpc) is 2.46. The molecule has 1 aromatic carbocycles. The number of halogens is 1. The summed E-state index contributed by atoms with van der Waals surface area (Å²) in [4.78, 5) is 14.3. The molecule has 0 spiro atoms. The van der Waals surface area contributed by atoms with Crippen molar-refractivity contribution in [2.45, 2.75) is 38.6 Å². The van der Waals surface area contributed by atoms with E-state index in [1.807, 2.05) is 11.8 Å². The van der Waals surface area contributed by atoms with Crippen molar-refractivity contribution in [3.63, 3.8) is 0 Å². The first-order chi connectivity index (χ1) is 9.61. The molecule has 0 aromatic heterocycles. The summed E-state index contributed by atoms with van der Waals surface area (Å²) < 4.78 is 18.3. The molecule has 0 saturated carbocycles. The number of benzene rings is 1. The Morgan fingerprint density at radius 3 is 2.75 bits per heavy atom. The second-order valence-corrected chi connectivity index (χ2v) is 5.37. The van der Waals surface area contributed by atoms with E-state index in [9.17, 15) is 9.18 Å². The molecular formula is C16H22FNO2. The molecule has 0 bridgehead atoms. The average molecular weight is 279 g/mol. The van der Waals surface area contributed by atoms with Crippen LogP contribution in [0.15, 0.2) is 24.3 Å². The van der Waals surface area contributed by atoms with Gasteiger partial charge in [0.05, 0.1) is 19.3 Å². The summed E-state index contributed by atoms with van der Waals surface area (Å²) in [5.74, 6) is 0.0758. The Balaban J connectivity index is 2.02. The first-order valence-electron chi connectivity index (χ1n) is 7.24. The quantitative estimate of drug-likeness (QED) is 0.848. The summed E-state index contributed by atoms with van der Waals surface area (Å²) in [7, 11) is 0. The van der Waals surface area contributed by atoms with Crippen LogP contribution >= 0.6 is 0 Å². The van der Waals surface area contributed by atoms with E-state index >= 15 is 0 Å². The van der Waals surface area contributed by atoms with Gasteiger partial charge in [-0.05, 0) is 37.0 Å². The lowest BCUT2D eigenvalue weighted by Crippen LogP contribution is -2.47. The maximum atomic E-state index is 13.0. The molecule has 1 aliphatic rings. The van der Waals surface area contributed by atoms with E-state index in [4.69, 9.17) is 4.74 Å². The van der Waals surface area contributed by atoms with Crippen LogP contribution in [0.1, 0.15) is 38.2 Å². The summed E-state index contributed by atoms with van der Waals surface area (Å²) in [6, 6.07) is 6.61. The maximum Gasteiger partial charge on any atom is 0.223 e. The van der Waals surface area contributed by atoms with Crippen LogP contribution in [-0.4, -0.2) is 36.6 Å². The molecule has 1 amide bonds. The molecular weight excluding hydrogens is 257 g/mol. The Morgan fingerprint density at radius 2 is 2.15 bits per heavy atom. The van der Waals surface area contributed by atoms with Crippen molar-refractivity contribution in [2.24, 2.45) is 0 Å². The highest BCUT2D eigenvalue weighted by Gasteiger charge is 2.25. The van der Waals surface area contributed by atoms with Crippen LogP contribution in [0.25, 0.3) is 0 Å². The SMILES string of the molecule is CCC(CC(=O)N1CCOCC1C)c1ccc(F)cc1. The van der Waals surface area contributed by atoms with Crippen LogP contribution in [0.5, 0.6) is 0 Å². The lowest BCUT2D eigenvalue weighted by atomic mass is 9.92. The fourth-order valence-electron chi connectivity index (χ4n) is 2.66. The number of carbonyl (C=O) groups excluding carboxylic acids is 1. The Bertz CT molecular complexity index is 446. The van der Waals surface area contributed by atoms with Gasteiger partial charge in [0.1, 0.15) is 5.82 Å². The highest BCUT2D eigenvalue weighted by molar-refractivity contribution is 5.77. The van der Waals surface area contributed by atoms with Crippen LogP contribution in [-0.2, 0) is 9.53 Å². The number of ether oxygens (including phenoxy) is 1. The molecule has 2 unspecified atom stereocenters. The van der Waals surface area contributed by atoms with Crippen LogP contribution in [0.2, 0.25) is 0 Å². The fourth-order valence-corrected chi connectivity index (χ4v) is 2.66. The second kappa shape index (κ2) is 6.84. The minimum atomic E-state index is -0.239. The monoisotopic (exact) mass is 279 g/mol. The van der Waals surface area contributed by atoms with E-state index in [0.717, 1.165) is 12.0 Å². The van der Waals surface area contributed by atoms with E-state index in [0.29, 0.717) is 26.2 Å². The molecule has 2 rings (SSSR count). The highest BCUT2D eigenvalue weighted by atomic mass is 19.1. The van der Waals surface area contributed by atoms with Crippen LogP contribution < -0.4 is 0 Å². The van der Waals surface area contributed by atoms with Gasteiger partial charge in [-0.15, -0.1) is 0 Å². The number of nitrogens with zero attached hydrogens (tertiary/aromatic N) is 1. The van der Waals surface area contributed by atoms with E-state index in [1.54, 1.807) is 12.1 Å². The Labute approximate surface area is 119 Å². The largest absolute Gasteiger partial charge is 0.377 e. The van der Waals surface area contributed by atoms with Crippen LogP contribution in [0, 0.1) is 5.82 Å². The van der Waals surface area contributed by atoms with Crippen molar-refractivity contribution >= 4 is 5.91 Å². The third-order valence-corrected chi connectivity index (χ3v) is 3.94. The number of morpholine rings is 1. The Kier molecular flexibility index (Phi) is 5.12. The molecule has 3 nitrogen and oxygen atoms in total. The molecule has 1 saturated heterocycles. The molecule has 1 heterocycles. The van der Waals surface area contributed by atoms with E-state index < -0.39 is 0 Å². The van der Waals surface area contributed by atoms with Gasteiger partial charge in [-0.2, -0.15) is 0 Å². The molecule has 1 fully saturated rings. The van der Waals surface area contributed by atoms with Gasteiger partial charge < -0.3 is 9.64 Å². The number of hydrogen-bond acceptors (Lipinski definition) is 2. The number of amides is 1. The predicted octanol–water partition coefficient (Wildman–Crippen LogP) is 2.96. The van der Waals surface area contributed by atoms with Crippen molar-refractivity contribution < 1.29 is 13.9 Å². The third kappa shape index (κ3) is 3.57. The lowest BCUT2D eigenvalue weighted by Gasteiger charge is -2.34. The van der Waals surface area contributed by atoms with Gasteiger partial charge in [-0.1, -0.05) is 19.1 Å². The van der Waals surface area contributed by atoms with E-state index in [2.05, 4.69) is 6.92 Å². The normalized spacial score (nSPS) is 20.8. The van der Waals surface area contributed by atoms with Crippen LogP contribution in [0.4, 0.5) is 4.39 Å². The van der Waals surface area contributed by atoms with Gasteiger partial charge >= 0.3 is 0 Å². The molecule has 0 radical (unpaired) electrons. The van der Waals surface area contributed by atoms with Gasteiger partial charge in [0.15, 0.2) is 0 Å². The molecule has 2 atom stereocenters. The predicted molar refractivity (Wildman–Crippen MR) is 76.0 cm³/mol. The fraction of sp³-hybridized carbons (Fsp3) is 0.562. The number of rotatable bonds is 4. The Hall–Kier alpha value is -1.42. The molecule has 0 N–H and O–H groups in total. The molecule has 110 valence electrons. The molecule has 1 aromatic rings. The van der Waals surface area contributed by atoms with Gasteiger partial charge in [-0.25, -0.2) is 4.39 Å². The minimum Gasteiger partial charge on any atom is -0.377 e. The summed E-state index contributed by atoms with van der Waals surface area (Å²) in [6.07, 6.45) is 1.35. The molecule has 0 aliphatic carbocycles. The first-order valence-corrected chi connectivity index (χ1v) is 7.24. The second-order valence-electron chi connectivity index (χ2n) is 5.37. The number of hydrogen-bond donors (Lipinski definition) is 0. The van der Waals surface area contributed by atoms with E-state index in [-0.39, 0.29) is 23.7 Å². The van der Waals surface area contributed by atoms with Gasteiger partial charge in [0, 0.05) is 13.0 Å². The summed E-state index contributed by atoms with van der Waals surface area (Å²) in [5, 5.41) is 0.